The molecule has 2 atom stereocenters. The number of hydrogen-bond donors (Lipinski definition) is 2. The van der Waals surface area contributed by atoms with E-state index in [1.165, 1.54) is 0 Å². The predicted octanol–water partition coefficient (Wildman–Crippen LogP) is 0.102. The first kappa shape index (κ1) is 12.7. The number of carbonyl (C=O) groups is 2. The Morgan fingerprint density at radius 1 is 1.62 bits per heavy atom. The minimum absolute atomic E-state index is 0.262. The van der Waals surface area contributed by atoms with E-state index in [1.54, 1.807) is 6.92 Å². The third kappa shape index (κ3) is 3.66. The Kier molecular flexibility index (Phi) is 4.49. The summed E-state index contributed by atoms with van der Waals surface area (Å²) < 4.78 is 5.21. The van der Waals surface area contributed by atoms with Crippen molar-refractivity contribution in [1.29, 1.82) is 0 Å². The number of hydrogen-bond acceptors (Lipinski definition) is 3. The van der Waals surface area contributed by atoms with Crippen molar-refractivity contribution in [3.63, 3.8) is 0 Å². The van der Waals surface area contributed by atoms with Gasteiger partial charge < -0.3 is 15.8 Å². The van der Waals surface area contributed by atoms with Gasteiger partial charge in [-0.15, -0.1) is 6.58 Å². The van der Waals surface area contributed by atoms with Gasteiger partial charge in [0.05, 0.1) is 0 Å². The van der Waals surface area contributed by atoms with Crippen LogP contribution in [-0.4, -0.2) is 30.6 Å². The largest absolute Gasteiger partial charge is 0.368 e. The number of amides is 2. The maximum atomic E-state index is 11.7. The van der Waals surface area contributed by atoms with Gasteiger partial charge in [0, 0.05) is 6.61 Å². The molecule has 1 aliphatic heterocycles. The van der Waals surface area contributed by atoms with E-state index in [0.717, 1.165) is 12.0 Å². The van der Waals surface area contributed by atoms with E-state index in [-0.39, 0.29) is 5.91 Å². The molecule has 1 fully saturated rings. The van der Waals surface area contributed by atoms with E-state index in [0.29, 0.717) is 19.4 Å². The molecule has 0 spiro atoms. The van der Waals surface area contributed by atoms with Crippen molar-refractivity contribution in [1.82, 2.24) is 5.32 Å². The van der Waals surface area contributed by atoms with Gasteiger partial charge in [-0.25, -0.2) is 0 Å². The van der Waals surface area contributed by atoms with E-state index in [9.17, 15) is 9.59 Å². The fourth-order valence-corrected chi connectivity index (χ4v) is 1.62. The lowest BCUT2D eigenvalue weighted by molar-refractivity contribution is -0.133. The smallest absolute Gasteiger partial charge is 0.249 e. The zero-order chi connectivity index (χ0) is 12.1. The predicted molar refractivity (Wildman–Crippen MR) is 59.5 cm³/mol. The number of rotatable bonds is 5. The summed E-state index contributed by atoms with van der Waals surface area (Å²) in [6.07, 6.45) is 1.50. The Balaban J connectivity index is 2.50. The van der Waals surface area contributed by atoms with Crippen LogP contribution in [0, 0.1) is 0 Å². The maximum absolute atomic E-state index is 11.7. The molecule has 1 aliphatic rings. The molecule has 0 aliphatic carbocycles. The second kappa shape index (κ2) is 5.65. The first-order valence-corrected chi connectivity index (χ1v) is 5.36. The number of nitrogens with two attached hydrogens (primary N) is 1. The summed E-state index contributed by atoms with van der Waals surface area (Å²) in [6.45, 7) is 6.07. The van der Waals surface area contributed by atoms with Crippen molar-refractivity contribution in [3.8, 4) is 0 Å². The van der Waals surface area contributed by atoms with Crippen LogP contribution in [0.2, 0.25) is 0 Å². The van der Waals surface area contributed by atoms with Crippen molar-refractivity contribution in [2.24, 2.45) is 5.73 Å². The summed E-state index contributed by atoms with van der Waals surface area (Å²) in [6, 6.07) is -0.686. The van der Waals surface area contributed by atoms with Crippen LogP contribution < -0.4 is 11.1 Å². The lowest BCUT2D eigenvalue weighted by atomic mass is 10.1. The van der Waals surface area contributed by atoms with Gasteiger partial charge in [-0.2, -0.15) is 0 Å². The summed E-state index contributed by atoms with van der Waals surface area (Å²) in [4.78, 5) is 22.8. The minimum atomic E-state index is -0.686. The lowest BCUT2D eigenvalue weighted by Gasteiger charge is -2.17. The second-order valence-corrected chi connectivity index (χ2v) is 4.13. The fourth-order valence-electron chi connectivity index (χ4n) is 1.62. The standard InChI is InChI=1S/C11H18N2O3/c1-7(2)6-8(10(12)14)13-11(15)9-4-3-5-16-9/h8-9H,1,3-6H2,2H3,(H2,12,14)(H,13,15)/t8-,9-/m1/s1. The minimum Gasteiger partial charge on any atom is -0.368 e. The average Bonchev–Trinajstić information content (AvgIpc) is 2.68. The molecule has 1 rings (SSSR count). The van der Waals surface area contributed by atoms with Crippen molar-refractivity contribution in [3.05, 3.63) is 12.2 Å². The van der Waals surface area contributed by atoms with Crippen molar-refractivity contribution >= 4 is 11.8 Å². The molecule has 0 radical (unpaired) electrons. The molecule has 5 nitrogen and oxygen atoms in total. The number of ether oxygens (including phenoxy) is 1. The Bertz CT molecular complexity index is 296. The Morgan fingerprint density at radius 2 is 2.31 bits per heavy atom. The van der Waals surface area contributed by atoms with Gasteiger partial charge in [-0.3, -0.25) is 9.59 Å². The highest BCUT2D eigenvalue weighted by Crippen LogP contribution is 2.12. The van der Waals surface area contributed by atoms with Crippen LogP contribution in [0.15, 0.2) is 12.2 Å². The molecule has 0 aromatic rings. The van der Waals surface area contributed by atoms with E-state index in [1.807, 2.05) is 0 Å². The summed E-state index contributed by atoms with van der Waals surface area (Å²) >= 11 is 0. The number of carbonyl (C=O) groups excluding carboxylic acids is 2. The van der Waals surface area contributed by atoms with Gasteiger partial charge in [-0.05, 0) is 26.2 Å². The Labute approximate surface area is 95.0 Å². The molecule has 90 valence electrons. The Hall–Kier alpha value is -1.36. The van der Waals surface area contributed by atoms with Crippen LogP contribution in [0.3, 0.4) is 0 Å². The van der Waals surface area contributed by atoms with E-state index >= 15 is 0 Å². The van der Waals surface area contributed by atoms with Gasteiger partial charge in [-0.1, -0.05) is 5.57 Å². The molecule has 16 heavy (non-hydrogen) atoms. The van der Waals surface area contributed by atoms with Gasteiger partial charge >= 0.3 is 0 Å². The van der Waals surface area contributed by atoms with Crippen LogP contribution >= 0.6 is 0 Å². The monoisotopic (exact) mass is 226 g/mol. The third-order valence-electron chi connectivity index (χ3n) is 2.43. The maximum Gasteiger partial charge on any atom is 0.249 e. The molecule has 0 bridgehead atoms. The molecule has 0 aromatic carbocycles. The molecule has 0 saturated carbocycles. The number of nitrogens with one attached hydrogen (secondary N) is 1. The van der Waals surface area contributed by atoms with Crippen molar-refractivity contribution in [2.75, 3.05) is 6.61 Å². The van der Waals surface area contributed by atoms with E-state index in [2.05, 4.69) is 11.9 Å². The number of primary amides is 1. The van der Waals surface area contributed by atoms with Crippen LogP contribution in [0.5, 0.6) is 0 Å². The summed E-state index contributed by atoms with van der Waals surface area (Å²) in [5.74, 6) is -0.808. The second-order valence-electron chi connectivity index (χ2n) is 4.13. The van der Waals surface area contributed by atoms with Crippen molar-refractivity contribution < 1.29 is 14.3 Å². The average molecular weight is 226 g/mol. The SMILES string of the molecule is C=C(C)C[C@@H](NC(=O)[C@H]1CCCO1)C(N)=O. The summed E-state index contributed by atoms with van der Waals surface area (Å²) in [7, 11) is 0. The first-order valence-electron chi connectivity index (χ1n) is 5.36. The fraction of sp³-hybridized carbons (Fsp3) is 0.636. The summed E-state index contributed by atoms with van der Waals surface area (Å²) in [5, 5.41) is 2.59. The van der Waals surface area contributed by atoms with Crippen LogP contribution in [0.25, 0.3) is 0 Å². The normalized spacial score (nSPS) is 21.4. The molecule has 0 aromatic heterocycles. The highest BCUT2D eigenvalue weighted by molar-refractivity contribution is 5.88. The highest BCUT2D eigenvalue weighted by atomic mass is 16.5. The van der Waals surface area contributed by atoms with Gasteiger partial charge in [0.2, 0.25) is 11.8 Å². The van der Waals surface area contributed by atoms with Crippen molar-refractivity contribution in [2.45, 2.75) is 38.3 Å². The Morgan fingerprint density at radius 3 is 2.75 bits per heavy atom. The quantitative estimate of drug-likeness (QED) is 0.652. The van der Waals surface area contributed by atoms with Gasteiger partial charge in [0.1, 0.15) is 12.1 Å². The third-order valence-corrected chi connectivity index (χ3v) is 2.43. The van der Waals surface area contributed by atoms with Crippen LogP contribution in [-0.2, 0) is 14.3 Å². The molecule has 5 heteroatoms. The molecule has 1 heterocycles. The molecular weight excluding hydrogens is 208 g/mol. The first-order chi connectivity index (χ1) is 7.50. The highest BCUT2D eigenvalue weighted by Gasteiger charge is 2.27. The van der Waals surface area contributed by atoms with Gasteiger partial charge in [0.15, 0.2) is 0 Å². The topological polar surface area (TPSA) is 81.4 Å². The molecule has 1 saturated heterocycles. The van der Waals surface area contributed by atoms with E-state index in [4.69, 9.17) is 10.5 Å². The molecular formula is C11H18N2O3. The molecule has 0 unspecified atom stereocenters. The zero-order valence-corrected chi connectivity index (χ0v) is 9.49. The van der Waals surface area contributed by atoms with Crippen LogP contribution in [0.4, 0.5) is 0 Å². The summed E-state index contributed by atoms with van der Waals surface area (Å²) in [5.41, 5.74) is 6.00. The molecule has 2 amide bonds. The van der Waals surface area contributed by atoms with Crippen LogP contribution in [0.1, 0.15) is 26.2 Å². The van der Waals surface area contributed by atoms with Gasteiger partial charge in [0.25, 0.3) is 0 Å². The molecule has 3 N–H and O–H groups in total. The lowest BCUT2D eigenvalue weighted by Crippen LogP contribution is -2.48. The van der Waals surface area contributed by atoms with E-state index < -0.39 is 18.1 Å². The zero-order valence-electron chi connectivity index (χ0n) is 9.49.